The monoisotopic (exact) mass is 272 g/mol. The Kier molecular flexibility index (Phi) is 5.38. The quantitative estimate of drug-likeness (QED) is 0.811. The van der Waals surface area contributed by atoms with Crippen LogP contribution in [-0.2, 0) is 17.8 Å². The van der Waals surface area contributed by atoms with E-state index in [0.717, 1.165) is 17.7 Å². The summed E-state index contributed by atoms with van der Waals surface area (Å²) < 4.78 is 5.28. The van der Waals surface area contributed by atoms with Crippen molar-refractivity contribution in [2.45, 2.75) is 25.9 Å². The molecule has 2 rings (SSSR count). The summed E-state index contributed by atoms with van der Waals surface area (Å²) in [7, 11) is 0. The molecule has 0 saturated heterocycles. The number of furan rings is 1. The van der Waals surface area contributed by atoms with Crippen molar-refractivity contribution in [1.82, 2.24) is 10.6 Å². The Morgan fingerprint density at radius 3 is 2.70 bits per heavy atom. The molecule has 0 aliphatic rings. The molecule has 1 heterocycles. The van der Waals surface area contributed by atoms with E-state index >= 15 is 0 Å². The minimum absolute atomic E-state index is 0.000137. The number of benzene rings is 1. The van der Waals surface area contributed by atoms with E-state index in [1.165, 1.54) is 0 Å². The minimum Gasteiger partial charge on any atom is -0.469 e. The average molecular weight is 272 g/mol. The van der Waals surface area contributed by atoms with E-state index in [4.69, 9.17) is 4.42 Å². The Balaban J connectivity index is 1.64. The van der Waals surface area contributed by atoms with Gasteiger partial charge in [-0.3, -0.25) is 4.79 Å². The number of carbonyl (C=O) groups is 1. The fourth-order valence-corrected chi connectivity index (χ4v) is 1.93. The maximum atomic E-state index is 11.7. The number of amides is 1. The van der Waals surface area contributed by atoms with E-state index in [-0.39, 0.29) is 11.9 Å². The Hall–Kier alpha value is -2.07. The van der Waals surface area contributed by atoms with Crippen LogP contribution in [0.15, 0.2) is 53.1 Å². The van der Waals surface area contributed by atoms with Crippen molar-refractivity contribution < 1.29 is 9.21 Å². The summed E-state index contributed by atoms with van der Waals surface area (Å²) in [6.45, 7) is 2.91. The van der Waals surface area contributed by atoms with Gasteiger partial charge in [0.2, 0.25) is 5.91 Å². The second-order valence-electron chi connectivity index (χ2n) is 4.83. The zero-order valence-electron chi connectivity index (χ0n) is 11.6. The molecule has 20 heavy (non-hydrogen) atoms. The Labute approximate surface area is 119 Å². The summed E-state index contributed by atoms with van der Waals surface area (Å²) in [5.74, 6) is 0.926. The first kappa shape index (κ1) is 14.3. The molecule has 0 aliphatic carbocycles. The molecular weight excluding hydrogens is 252 g/mol. The first-order valence-electron chi connectivity index (χ1n) is 6.80. The highest BCUT2D eigenvalue weighted by atomic mass is 16.3. The van der Waals surface area contributed by atoms with Crippen molar-refractivity contribution in [3.63, 3.8) is 0 Å². The van der Waals surface area contributed by atoms with Gasteiger partial charge in [-0.15, -0.1) is 0 Å². The predicted molar refractivity (Wildman–Crippen MR) is 78.2 cm³/mol. The van der Waals surface area contributed by atoms with Crippen LogP contribution < -0.4 is 10.6 Å². The highest BCUT2D eigenvalue weighted by Gasteiger charge is 2.07. The van der Waals surface area contributed by atoms with Gasteiger partial charge in [-0.25, -0.2) is 0 Å². The zero-order chi connectivity index (χ0) is 14.2. The summed E-state index contributed by atoms with van der Waals surface area (Å²) in [5.41, 5.74) is 1.10. The molecule has 4 heteroatoms. The van der Waals surface area contributed by atoms with Gasteiger partial charge in [0, 0.05) is 19.0 Å². The van der Waals surface area contributed by atoms with Gasteiger partial charge in [-0.2, -0.15) is 0 Å². The third-order valence-corrected chi connectivity index (χ3v) is 3.03. The predicted octanol–water partition coefficient (Wildman–Crippen LogP) is 2.12. The highest BCUT2D eigenvalue weighted by Crippen LogP contribution is 2.03. The Morgan fingerprint density at radius 1 is 1.20 bits per heavy atom. The average Bonchev–Trinajstić information content (AvgIpc) is 2.97. The number of hydrogen-bond acceptors (Lipinski definition) is 3. The van der Waals surface area contributed by atoms with Crippen LogP contribution in [0.2, 0.25) is 0 Å². The third kappa shape index (κ3) is 4.90. The second kappa shape index (κ2) is 7.50. The Bertz CT molecular complexity index is 509. The smallest absolute Gasteiger partial charge is 0.234 e. The van der Waals surface area contributed by atoms with Gasteiger partial charge in [0.05, 0.1) is 12.8 Å². The van der Waals surface area contributed by atoms with Crippen LogP contribution in [0.1, 0.15) is 18.2 Å². The van der Waals surface area contributed by atoms with Gasteiger partial charge in [0.1, 0.15) is 5.76 Å². The van der Waals surface area contributed by atoms with Crippen LogP contribution >= 0.6 is 0 Å². The van der Waals surface area contributed by atoms with Crippen LogP contribution in [-0.4, -0.2) is 18.5 Å². The fourth-order valence-electron chi connectivity index (χ4n) is 1.93. The molecule has 1 atom stereocenters. The van der Waals surface area contributed by atoms with Crippen molar-refractivity contribution in [2.24, 2.45) is 0 Å². The van der Waals surface area contributed by atoms with E-state index in [0.29, 0.717) is 13.1 Å². The lowest BCUT2D eigenvalue weighted by molar-refractivity contribution is -0.120. The van der Waals surface area contributed by atoms with Crippen LogP contribution in [0, 0.1) is 0 Å². The molecule has 0 bridgehead atoms. The van der Waals surface area contributed by atoms with E-state index in [1.807, 2.05) is 49.4 Å². The van der Waals surface area contributed by atoms with E-state index in [2.05, 4.69) is 10.6 Å². The van der Waals surface area contributed by atoms with Crippen LogP contribution in [0.5, 0.6) is 0 Å². The third-order valence-electron chi connectivity index (χ3n) is 3.03. The van der Waals surface area contributed by atoms with Crippen molar-refractivity contribution in [3.05, 3.63) is 60.1 Å². The van der Waals surface area contributed by atoms with Gasteiger partial charge >= 0.3 is 0 Å². The molecule has 0 radical (unpaired) electrons. The summed E-state index contributed by atoms with van der Waals surface area (Å²) in [6, 6.07) is 13.9. The molecule has 1 aromatic heterocycles. The lowest BCUT2D eigenvalue weighted by Crippen LogP contribution is -2.38. The van der Waals surface area contributed by atoms with Crippen LogP contribution in [0.4, 0.5) is 0 Å². The summed E-state index contributed by atoms with van der Waals surface area (Å²) >= 11 is 0. The molecule has 0 spiro atoms. The molecule has 1 aromatic carbocycles. The highest BCUT2D eigenvalue weighted by molar-refractivity contribution is 5.78. The van der Waals surface area contributed by atoms with Gasteiger partial charge < -0.3 is 15.1 Å². The normalized spacial score (nSPS) is 12.1. The lowest BCUT2D eigenvalue weighted by atomic mass is 10.2. The number of rotatable bonds is 7. The van der Waals surface area contributed by atoms with E-state index < -0.39 is 0 Å². The molecule has 1 amide bonds. The lowest BCUT2D eigenvalue weighted by Gasteiger charge is -2.12. The maximum Gasteiger partial charge on any atom is 0.234 e. The van der Waals surface area contributed by atoms with Gasteiger partial charge in [0.25, 0.3) is 0 Å². The minimum atomic E-state index is 0.000137. The van der Waals surface area contributed by atoms with Gasteiger partial charge in [-0.1, -0.05) is 30.3 Å². The van der Waals surface area contributed by atoms with Crippen molar-refractivity contribution >= 4 is 5.91 Å². The summed E-state index contributed by atoms with van der Waals surface area (Å²) in [6.07, 6.45) is 2.44. The second-order valence-corrected chi connectivity index (χ2v) is 4.83. The number of carbonyl (C=O) groups excluding carboxylic acids is 1. The first-order valence-corrected chi connectivity index (χ1v) is 6.80. The van der Waals surface area contributed by atoms with Crippen LogP contribution in [0.3, 0.4) is 0 Å². The van der Waals surface area contributed by atoms with E-state index in [9.17, 15) is 4.79 Å². The van der Waals surface area contributed by atoms with Gasteiger partial charge in [-0.05, 0) is 24.6 Å². The van der Waals surface area contributed by atoms with Crippen molar-refractivity contribution in [1.29, 1.82) is 0 Å². The van der Waals surface area contributed by atoms with Crippen molar-refractivity contribution in [2.75, 3.05) is 6.54 Å². The molecule has 4 nitrogen and oxygen atoms in total. The van der Waals surface area contributed by atoms with Gasteiger partial charge in [0.15, 0.2) is 0 Å². The van der Waals surface area contributed by atoms with Crippen molar-refractivity contribution in [3.8, 4) is 0 Å². The fraction of sp³-hybridized carbons (Fsp3) is 0.312. The molecule has 0 fully saturated rings. The van der Waals surface area contributed by atoms with Crippen LogP contribution in [0.25, 0.3) is 0 Å². The number of hydrogen-bond donors (Lipinski definition) is 2. The Morgan fingerprint density at radius 2 is 2.00 bits per heavy atom. The molecular formula is C16H20N2O2. The molecule has 106 valence electrons. The maximum absolute atomic E-state index is 11.7. The number of nitrogens with one attached hydrogen (secondary N) is 2. The zero-order valence-corrected chi connectivity index (χ0v) is 11.6. The summed E-state index contributed by atoms with van der Waals surface area (Å²) in [4.78, 5) is 11.7. The van der Waals surface area contributed by atoms with E-state index in [1.54, 1.807) is 6.26 Å². The molecule has 2 aromatic rings. The molecule has 2 N–H and O–H groups in total. The molecule has 0 saturated carbocycles. The topological polar surface area (TPSA) is 54.3 Å². The summed E-state index contributed by atoms with van der Waals surface area (Å²) in [5, 5.41) is 6.07. The molecule has 0 aliphatic heterocycles. The largest absolute Gasteiger partial charge is 0.469 e. The standard InChI is InChI=1S/C16H20N2O2/c1-13(10-15-8-5-9-20-15)17-12-16(19)18-11-14-6-3-2-4-7-14/h2-9,13,17H,10-12H2,1H3,(H,18,19). The molecule has 1 unspecified atom stereocenters. The first-order chi connectivity index (χ1) is 9.74. The SMILES string of the molecule is CC(Cc1ccco1)NCC(=O)NCc1ccccc1.